The van der Waals surface area contributed by atoms with Crippen LogP contribution < -0.4 is 0 Å². The number of rotatable bonds is 6. The van der Waals surface area contributed by atoms with Crippen molar-refractivity contribution < 1.29 is 4.74 Å². The van der Waals surface area contributed by atoms with Crippen molar-refractivity contribution in [3.63, 3.8) is 0 Å². The average Bonchev–Trinajstić information content (AvgIpc) is 2.65. The first-order valence-corrected chi connectivity index (χ1v) is 8.47. The van der Waals surface area contributed by atoms with Gasteiger partial charge in [-0.2, -0.15) is 11.8 Å². The Bertz CT molecular complexity index is 571. The molecule has 0 saturated carbocycles. The van der Waals surface area contributed by atoms with Gasteiger partial charge in [0.05, 0.1) is 11.1 Å². The van der Waals surface area contributed by atoms with E-state index in [9.17, 15) is 0 Å². The fourth-order valence-electron chi connectivity index (χ4n) is 1.78. The summed E-state index contributed by atoms with van der Waals surface area (Å²) in [5.41, 5.74) is 1.20. The van der Waals surface area contributed by atoms with Gasteiger partial charge in [-0.25, -0.2) is 9.97 Å². The zero-order chi connectivity index (χ0) is 13.8. The molecule has 0 aliphatic rings. The van der Waals surface area contributed by atoms with Crippen molar-refractivity contribution in [2.24, 2.45) is 0 Å². The highest BCUT2D eigenvalue weighted by Gasteiger charge is 2.12. The Morgan fingerprint density at radius 2 is 2.11 bits per heavy atom. The monoisotopic (exact) mass is 316 g/mol. The smallest absolute Gasteiger partial charge is 0.141 e. The quantitative estimate of drug-likeness (QED) is 0.590. The lowest BCUT2D eigenvalue weighted by molar-refractivity contribution is 0.200. The van der Waals surface area contributed by atoms with Crippen molar-refractivity contribution in [3.05, 3.63) is 21.4 Å². The summed E-state index contributed by atoms with van der Waals surface area (Å²) in [4.78, 5) is 11.3. The molecule has 0 bridgehead atoms. The summed E-state index contributed by atoms with van der Waals surface area (Å²) in [5.74, 6) is 2.67. The SMILES string of the molecule is COCCCSCc1nc(Cl)c2c(C)c(C)sc2n1. The topological polar surface area (TPSA) is 35.0 Å². The van der Waals surface area contributed by atoms with Crippen LogP contribution in [0.2, 0.25) is 5.15 Å². The first kappa shape index (κ1) is 15.0. The standard InChI is InChI=1S/C13H17ClN2OS2/c1-8-9(2)19-13-11(8)12(14)15-10(16-13)7-18-6-4-5-17-3/h4-7H2,1-3H3. The fraction of sp³-hybridized carbons (Fsp3) is 0.538. The molecule has 0 aliphatic heterocycles. The van der Waals surface area contributed by atoms with Gasteiger partial charge in [0, 0.05) is 18.6 Å². The molecule has 2 heterocycles. The molecule has 0 N–H and O–H groups in total. The summed E-state index contributed by atoms with van der Waals surface area (Å²) in [7, 11) is 1.73. The average molecular weight is 317 g/mol. The number of nitrogens with zero attached hydrogens (tertiary/aromatic N) is 2. The van der Waals surface area contributed by atoms with E-state index in [2.05, 4.69) is 23.8 Å². The van der Waals surface area contributed by atoms with Crippen molar-refractivity contribution in [1.29, 1.82) is 0 Å². The van der Waals surface area contributed by atoms with Gasteiger partial charge >= 0.3 is 0 Å². The van der Waals surface area contributed by atoms with Crippen molar-refractivity contribution >= 4 is 44.9 Å². The highest BCUT2D eigenvalue weighted by atomic mass is 35.5. The van der Waals surface area contributed by atoms with Gasteiger partial charge in [0.1, 0.15) is 15.8 Å². The van der Waals surface area contributed by atoms with Crippen LogP contribution in [-0.4, -0.2) is 29.4 Å². The zero-order valence-electron chi connectivity index (χ0n) is 11.3. The fourth-order valence-corrected chi connectivity index (χ4v) is 3.99. The number of aryl methyl sites for hydroxylation is 2. The highest BCUT2D eigenvalue weighted by Crippen LogP contribution is 2.33. The Kier molecular flexibility index (Phi) is 5.45. The van der Waals surface area contributed by atoms with E-state index in [0.717, 1.165) is 40.6 Å². The second kappa shape index (κ2) is 6.88. The summed E-state index contributed by atoms with van der Waals surface area (Å²) >= 11 is 9.77. The minimum Gasteiger partial charge on any atom is -0.385 e. The minimum absolute atomic E-state index is 0.583. The van der Waals surface area contributed by atoms with Crippen LogP contribution in [0.3, 0.4) is 0 Å². The summed E-state index contributed by atoms with van der Waals surface area (Å²) < 4.78 is 5.02. The van der Waals surface area contributed by atoms with Crippen LogP contribution in [0.1, 0.15) is 22.7 Å². The number of ether oxygens (including phenoxy) is 1. The molecule has 104 valence electrons. The summed E-state index contributed by atoms with van der Waals surface area (Å²) in [5, 5.41) is 1.59. The van der Waals surface area contributed by atoms with Gasteiger partial charge in [0.25, 0.3) is 0 Å². The first-order chi connectivity index (χ1) is 9.13. The van der Waals surface area contributed by atoms with Crippen LogP contribution >= 0.6 is 34.7 Å². The summed E-state index contributed by atoms with van der Waals surface area (Å²) in [6.07, 6.45) is 1.05. The van der Waals surface area contributed by atoms with Gasteiger partial charge in [0.15, 0.2) is 0 Å². The van der Waals surface area contributed by atoms with Gasteiger partial charge in [-0.15, -0.1) is 11.3 Å². The van der Waals surface area contributed by atoms with Crippen molar-refractivity contribution in [2.75, 3.05) is 19.5 Å². The number of aromatic nitrogens is 2. The molecule has 2 aromatic heterocycles. The third-order valence-electron chi connectivity index (χ3n) is 2.90. The van der Waals surface area contributed by atoms with Gasteiger partial charge in [0.2, 0.25) is 0 Å². The van der Waals surface area contributed by atoms with E-state index >= 15 is 0 Å². The van der Waals surface area contributed by atoms with Crippen LogP contribution in [-0.2, 0) is 10.5 Å². The van der Waals surface area contributed by atoms with Crippen LogP contribution in [0.15, 0.2) is 0 Å². The molecule has 0 spiro atoms. The molecule has 0 unspecified atom stereocenters. The molecule has 0 saturated heterocycles. The number of hydrogen-bond donors (Lipinski definition) is 0. The van der Waals surface area contributed by atoms with Crippen molar-refractivity contribution in [3.8, 4) is 0 Å². The number of halogens is 1. The number of thiophene rings is 1. The number of thioether (sulfide) groups is 1. The van der Waals surface area contributed by atoms with Gasteiger partial charge in [-0.3, -0.25) is 0 Å². The molecular formula is C13H17ClN2OS2. The Hall–Kier alpha value is -0.360. The molecule has 0 amide bonds. The molecular weight excluding hydrogens is 300 g/mol. The minimum atomic E-state index is 0.583. The molecule has 0 aliphatic carbocycles. The Balaban J connectivity index is 2.08. The second-order valence-electron chi connectivity index (χ2n) is 4.29. The molecule has 0 atom stereocenters. The summed E-state index contributed by atoms with van der Waals surface area (Å²) in [6.45, 7) is 4.97. The maximum atomic E-state index is 6.27. The molecule has 2 aromatic rings. The van der Waals surface area contributed by atoms with E-state index in [1.165, 1.54) is 10.4 Å². The molecule has 0 radical (unpaired) electrons. The van der Waals surface area contributed by atoms with Crippen LogP contribution in [0, 0.1) is 13.8 Å². The van der Waals surface area contributed by atoms with E-state index in [1.54, 1.807) is 18.4 Å². The van der Waals surface area contributed by atoms with E-state index in [0.29, 0.717) is 5.15 Å². The Labute approximate surface area is 126 Å². The maximum Gasteiger partial charge on any atom is 0.141 e. The number of fused-ring (bicyclic) bond motifs is 1. The third-order valence-corrected chi connectivity index (χ3v) is 5.31. The predicted molar refractivity (Wildman–Crippen MR) is 84.6 cm³/mol. The Morgan fingerprint density at radius 1 is 1.32 bits per heavy atom. The van der Waals surface area contributed by atoms with Crippen molar-refractivity contribution in [1.82, 2.24) is 9.97 Å². The largest absolute Gasteiger partial charge is 0.385 e. The van der Waals surface area contributed by atoms with Crippen LogP contribution in [0.25, 0.3) is 10.2 Å². The maximum absolute atomic E-state index is 6.27. The van der Waals surface area contributed by atoms with Gasteiger partial charge in [-0.05, 0) is 31.6 Å². The van der Waals surface area contributed by atoms with E-state index in [4.69, 9.17) is 16.3 Å². The lowest BCUT2D eigenvalue weighted by Gasteiger charge is -2.02. The normalized spacial score (nSPS) is 11.4. The van der Waals surface area contributed by atoms with Crippen LogP contribution in [0.4, 0.5) is 0 Å². The molecule has 0 fully saturated rings. The summed E-state index contributed by atoms with van der Waals surface area (Å²) in [6, 6.07) is 0. The third kappa shape index (κ3) is 3.60. The second-order valence-corrected chi connectivity index (χ2v) is 6.96. The van der Waals surface area contributed by atoms with E-state index in [1.807, 2.05) is 11.8 Å². The van der Waals surface area contributed by atoms with Gasteiger partial charge in [-0.1, -0.05) is 11.6 Å². The van der Waals surface area contributed by atoms with E-state index in [-0.39, 0.29) is 0 Å². The van der Waals surface area contributed by atoms with Gasteiger partial charge < -0.3 is 4.74 Å². The van der Waals surface area contributed by atoms with Crippen molar-refractivity contribution in [2.45, 2.75) is 26.0 Å². The Morgan fingerprint density at radius 3 is 2.84 bits per heavy atom. The molecule has 19 heavy (non-hydrogen) atoms. The number of hydrogen-bond acceptors (Lipinski definition) is 5. The van der Waals surface area contributed by atoms with E-state index < -0.39 is 0 Å². The molecule has 0 aromatic carbocycles. The zero-order valence-corrected chi connectivity index (χ0v) is 13.7. The predicted octanol–water partition coefficient (Wildman–Crippen LogP) is 4.23. The number of methoxy groups -OCH3 is 1. The van der Waals surface area contributed by atoms with Crippen LogP contribution in [0.5, 0.6) is 0 Å². The highest BCUT2D eigenvalue weighted by molar-refractivity contribution is 7.98. The lowest BCUT2D eigenvalue weighted by Crippen LogP contribution is -1.95. The molecule has 3 nitrogen and oxygen atoms in total. The lowest BCUT2D eigenvalue weighted by atomic mass is 10.2. The molecule has 6 heteroatoms. The molecule has 2 rings (SSSR count). The first-order valence-electron chi connectivity index (χ1n) is 6.12.